The Balaban J connectivity index is 1.87. The summed E-state index contributed by atoms with van der Waals surface area (Å²) in [6.45, 7) is 0. The van der Waals surface area contributed by atoms with Gasteiger partial charge in [0.2, 0.25) is 5.78 Å². The minimum Gasteiger partial charge on any atom is -0.337 e. The number of nitrogens with zero attached hydrogens (tertiary/aromatic N) is 1. The van der Waals surface area contributed by atoms with Crippen LogP contribution in [0.25, 0.3) is 10.2 Å². The maximum Gasteiger partial charge on any atom is 0.247 e. The number of aromatic amines is 1. The Morgan fingerprint density at radius 1 is 0.933 bits per heavy atom. The van der Waals surface area contributed by atoms with Gasteiger partial charge in [0.25, 0.3) is 0 Å². The van der Waals surface area contributed by atoms with Crippen LogP contribution in [-0.2, 0) is 4.79 Å². The number of carbonyl (C=O) groups excluding carboxylic acids is 1. The minimum absolute atomic E-state index is 0.473. The van der Waals surface area contributed by atoms with Crippen molar-refractivity contribution in [3.05, 3.63) is 22.2 Å². The fourth-order valence-corrected chi connectivity index (χ4v) is 2.75. The van der Waals surface area contributed by atoms with Crippen LogP contribution in [0.2, 0.25) is 0 Å². The van der Waals surface area contributed by atoms with Gasteiger partial charge >= 0.3 is 0 Å². The number of Topliss-reactive ketones (excluding diaryl/α,β-unsaturated/α-hetero) is 1. The van der Waals surface area contributed by atoms with Crippen LogP contribution in [0.1, 0.15) is 0 Å². The van der Waals surface area contributed by atoms with Crippen molar-refractivity contribution in [2.75, 3.05) is 0 Å². The smallest absolute Gasteiger partial charge is 0.247 e. The Morgan fingerprint density at radius 2 is 1.50 bits per heavy atom. The first-order valence-electron chi connectivity index (χ1n) is 7.86. The number of H-pyrrole nitrogens is 1. The number of hydrogen-bond acceptors (Lipinski definition) is 4. The molecule has 0 saturated carbocycles. The maximum atomic E-state index is 11.7. The van der Waals surface area contributed by atoms with Gasteiger partial charge in [-0.2, -0.15) is 0 Å². The molecule has 0 bridgehead atoms. The molecule has 0 atom stereocenters. The van der Waals surface area contributed by atoms with Crippen LogP contribution >= 0.6 is 23.6 Å². The second-order valence-corrected chi connectivity index (χ2v) is 6.43. The average molecular weight is 414 g/mol. The first kappa shape index (κ1) is 21.5. The molecule has 1 aromatic carbocycles. The predicted octanol–water partition coefficient (Wildman–Crippen LogP) is 2.89. The van der Waals surface area contributed by atoms with Gasteiger partial charge in [-0.3, -0.25) is 9.79 Å². The maximum absolute atomic E-state index is 11.7. The molecule has 1 aromatic heterocycles. The first-order chi connectivity index (χ1) is 14.7. The molecule has 1 N–H and O–H groups in total. The van der Waals surface area contributed by atoms with E-state index < -0.39 is 5.78 Å². The Labute approximate surface area is 183 Å². The van der Waals surface area contributed by atoms with Crippen molar-refractivity contribution >= 4 is 51.5 Å². The number of terminal acetylenes is 1. The number of aromatic nitrogens is 1. The molecule has 0 aliphatic heterocycles. The number of fused-ring (bicyclic) bond motifs is 1. The number of carbonyl (C=O) groups is 1. The normalized spacial score (nSPS) is 7.57. The van der Waals surface area contributed by atoms with E-state index in [0.717, 1.165) is 16.4 Å². The van der Waals surface area contributed by atoms with E-state index in [4.69, 9.17) is 18.6 Å². The summed E-state index contributed by atoms with van der Waals surface area (Å²) in [5.74, 6) is 35.7. The number of thiazole rings is 1. The molecule has 134 valence electrons. The van der Waals surface area contributed by atoms with Gasteiger partial charge in [0.15, 0.2) is 3.95 Å². The molecular formula is C25H6N2OS2. The van der Waals surface area contributed by atoms with E-state index in [9.17, 15) is 4.79 Å². The minimum atomic E-state index is -0.473. The molecule has 2 rings (SSSR count). The fourth-order valence-electron chi connectivity index (χ4n) is 1.66. The molecule has 3 nitrogen and oxygen atoms in total. The standard InChI is InChI=1S/C25H6N2OS2/c1-2-3-4-5-6-7-8-9-10-11-12-13-14-15-16-22(28)20-26-21-17-18-24-23(19-21)27-25(29)30-24/h1,17-20H,(H,27,29). The molecule has 0 radical (unpaired) electrons. The van der Waals surface area contributed by atoms with Gasteiger partial charge in [-0.1, -0.05) is 0 Å². The highest BCUT2D eigenvalue weighted by Gasteiger charge is 1.98. The summed E-state index contributed by atoms with van der Waals surface area (Å²) >= 11 is 6.56. The third-order valence-corrected chi connectivity index (χ3v) is 3.96. The molecule has 0 fully saturated rings. The van der Waals surface area contributed by atoms with Crippen molar-refractivity contribution < 1.29 is 4.79 Å². The predicted molar refractivity (Wildman–Crippen MR) is 123 cm³/mol. The average Bonchev–Trinajstić information content (AvgIpc) is 3.11. The summed E-state index contributed by atoms with van der Waals surface area (Å²) in [4.78, 5) is 18.8. The lowest BCUT2D eigenvalue weighted by atomic mass is 10.3. The van der Waals surface area contributed by atoms with Gasteiger partial charge in [0.1, 0.15) is 0 Å². The van der Waals surface area contributed by atoms with Crippen LogP contribution < -0.4 is 0 Å². The van der Waals surface area contributed by atoms with Gasteiger partial charge in [-0.05, 0) is 119 Å². The Kier molecular flexibility index (Phi) is 8.95. The summed E-state index contributed by atoms with van der Waals surface area (Å²) in [5.41, 5.74) is 1.49. The zero-order chi connectivity index (χ0) is 21.4. The Hall–Kier alpha value is -4.85. The van der Waals surface area contributed by atoms with Crippen molar-refractivity contribution in [1.82, 2.24) is 4.98 Å². The van der Waals surface area contributed by atoms with Crippen LogP contribution in [0.15, 0.2) is 23.2 Å². The van der Waals surface area contributed by atoms with Crippen molar-refractivity contribution in [2.45, 2.75) is 0 Å². The topological polar surface area (TPSA) is 45.2 Å². The molecule has 2 aromatic rings. The second-order valence-electron chi connectivity index (χ2n) is 4.71. The molecule has 0 saturated heterocycles. The highest BCUT2D eigenvalue weighted by Crippen LogP contribution is 2.23. The SMILES string of the molecule is C#CC#CC#CC#CC#CC#CC#CC#CC(=O)C=Nc1ccc2sc(=S)[nH]c2c1. The molecule has 5 heteroatoms. The Bertz CT molecular complexity index is 1580. The summed E-state index contributed by atoms with van der Waals surface area (Å²) in [7, 11) is 0. The second kappa shape index (κ2) is 12.5. The van der Waals surface area contributed by atoms with Crippen LogP contribution in [-0.4, -0.2) is 17.0 Å². The number of hydrogen-bond donors (Lipinski definition) is 1. The number of benzene rings is 1. The highest BCUT2D eigenvalue weighted by atomic mass is 32.1. The molecule has 0 aliphatic carbocycles. The monoisotopic (exact) mass is 414 g/mol. The van der Waals surface area contributed by atoms with Crippen molar-refractivity contribution in [3.63, 3.8) is 0 Å². The molecule has 30 heavy (non-hydrogen) atoms. The van der Waals surface area contributed by atoms with Crippen LogP contribution in [0.3, 0.4) is 0 Å². The van der Waals surface area contributed by atoms with Gasteiger partial charge in [0, 0.05) is 0 Å². The van der Waals surface area contributed by atoms with Crippen LogP contribution in [0.4, 0.5) is 5.69 Å². The van der Waals surface area contributed by atoms with E-state index in [-0.39, 0.29) is 0 Å². The van der Waals surface area contributed by atoms with Crippen molar-refractivity contribution in [1.29, 1.82) is 0 Å². The largest absolute Gasteiger partial charge is 0.337 e. The van der Waals surface area contributed by atoms with E-state index >= 15 is 0 Å². The summed E-state index contributed by atoms with van der Waals surface area (Å²) in [6.07, 6.45) is 6.06. The van der Waals surface area contributed by atoms with Gasteiger partial charge in [-0.15, -0.1) is 17.8 Å². The number of rotatable bonds is 2. The lowest BCUT2D eigenvalue weighted by molar-refractivity contribution is -0.107. The van der Waals surface area contributed by atoms with E-state index in [0.29, 0.717) is 9.64 Å². The van der Waals surface area contributed by atoms with E-state index in [1.807, 2.05) is 6.07 Å². The number of nitrogens with one attached hydrogen (secondary N) is 1. The zero-order valence-electron chi connectivity index (χ0n) is 15.1. The molecule has 0 aliphatic rings. The van der Waals surface area contributed by atoms with E-state index in [1.54, 1.807) is 12.1 Å². The Morgan fingerprint density at radius 3 is 2.10 bits per heavy atom. The van der Waals surface area contributed by atoms with E-state index in [2.05, 4.69) is 98.8 Å². The molecule has 0 spiro atoms. The van der Waals surface area contributed by atoms with E-state index in [1.165, 1.54) is 11.3 Å². The van der Waals surface area contributed by atoms with Crippen LogP contribution in [0, 0.1) is 99.2 Å². The van der Waals surface area contributed by atoms with Crippen molar-refractivity contribution in [3.8, 4) is 95.2 Å². The molecule has 0 amide bonds. The molecular weight excluding hydrogens is 408 g/mol. The van der Waals surface area contributed by atoms with Crippen molar-refractivity contribution in [2.24, 2.45) is 4.99 Å². The number of aliphatic imine (C=N–C) groups is 1. The molecule has 1 heterocycles. The quantitative estimate of drug-likeness (QED) is 0.356. The fraction of sp³-hybridized carbons (Fsp3) is 0. The van der Waals surface area contributed by atoms with Crippen LogP contribution in [0.5, 0.6) is 0 Å². The summed E-state index contributed by atoms with van der Waals surface area (Å²) in [6, 6.07) is 5.48. The number of ketones is 1. The lowest BCUT2D eigenvalue weighted by Gasteiger charge is -1.92. The third kappa shape index (κ3) is 8.23. The first-order valence-corrected chi connectivity index (χ1v) is 9.09. The summed E-state index contributed by atoms with van der Waals surface area (Å²) in [5, 5.41) is 0. The van der Waals surface area contributed by atoms with Gasteiger partial charge in [0.05, 0.1) is 22.1 Å². The van der Waals surface area contributed by atoms with Gasteiger partial charge < -0.3 is 4.98 Å². The highest BCUT2D eigenvalue weighted by molar-refractivity contribution is 7.73. The zero-order valence-corrected chi connectivity index (χ0v) is 16.7. The third-order valence-electron chi connectivity index (χ3n) is 2.74. The molecule has 0 unspecified atom stereocenters. The lowest BCUT2D eigenvalue weighted by Crippen LogP contribution is -1.92. The summed E-state index contributed by atoms with van der Waals surface area (Å²) < 4.78 is 1.71. The van der Waals surface area contributed by atoms with Gasteiger partial charge in [-0.25, -0.2) is 0 Å².